The van der Waals surface area contributed by atoms with Gasteiger partial charge in [-0.15, -0.1) is 0 Å². The summed E-state index contributed by atoms with van der Waals surface area (Å²) in [4.78, 5) is 2.49. The fourth-order valence-corrected chi connectivity index (χ4v) is 8.54. The van der Waals surface area contributed by atoms with E-state index in [-0.39, 0.29) is 5.41 Å². The summed E-state index contributed by atoms with van der Waals surface area (Å²) >= 11 is 0. The minimum atomic E-state index is -0.118. The molecule has 2 nitrogen and oxygen atoms in total. The molecule has 0 saturated heterocycles. The molecule has 0 aliphatic heterocycles. The van der Waals surface area contributed by atoms with Crippen LogP contribution in [-0.2, 0) is 5.41 Å². The number of hydrogen-bond acceptors (Lipinski definition) is 1. The molecule has 10 rings (SSSR count). The lowest BCUT2D eigenvalue weighted by Gasteiger charge is -2.29. The third kappa shape index (κ3) is 4.50. The van der Waals surface area contributed by atoms with Crippen LogP contribution >= 0.6 is 0 Å². The van der Waals surface area contributed by atoms with E-state index in [4.69, 9.17) is 0 Å². The SMILES string of the molecule is CC1(C)c2ccccc2-c2ccc(N(c3ccc4ccccc4c3)c3ccc(-c4ccccc4)c4c3c3ccccc3n4-c3ccccc3)cc21. The van der Waals surface area contributed by atoms with Crippen LogP contribution < -0.4 is 4.90 Å². The number of benzene rings is 8. The van der Waals surface area contributed by atoms with Gasteiger partial charge in [-0.25, -0.2) is 0 Å². The van der Waals surface area contributed by atoms with E-state index in [0.29, 0.717) is 0 Å². The molecule has 8 aromatic carbocycles. The molecule has 1 heterocycles. The van der Waals surface area contributed by atoms with E-state index >= 15 is 0 Å². The van der Waals surface area contributed by atoms with Gasteiger partial charge < -0.3 is 9.47 Å². The standard InChI is InChI=1S/C49H36N2/c1-49(2)43-23-13-11-21-40(43)41-28-27-38(32-44(41)49)50(37-26-25-33-15-9-10-18-35(33)31-37)46-30-29-39(34-16-5-3-6-17-34)48-47(46)42-22-12-14-24-45(42)51(48)36-19-7-4-8-20-36/h3-32H,1-2H3. The minimum absolute atomic E-state index is 0.118. The summed E-state index contributed by atoms with van der Waals surface area (Å²) < 4.78 is 2.46. The number of aromatic nitrogens is 1. The van der Waals surface area contributed by atoms with E-state index in [9.17, 15) is 0 Å². The van der Waals surface area contributed by atoms with Crippen LogP contribution in [0.3, 0.4) is 0 Å². The fraction of sp³-hybridized carbons (Fsp3) is 0.0612. The topological polar surface area (TPSA) is 8.17 Å². The Hall–Kier alpha value is -6.38. The van der Waals surface area contributed by atoms with Gasteiger partial charge in [0.25, 0.3) is 0 Å². The minimum Gasteiger partial charge on any atom is -0.310 e. The predicted molar refractivity (Wildman–Crippen MR) is 216 cm³/mol. The van der Waals surface area contributed by atoms with Crippen molar-refractivity contribution in [2.24, 2.45) is 0 Å². The molecule has 0 unspecified atom stereocenters. The van der Waals surface area contributed by atoms with Crippen LogP contribution in [0.15, 0.2) is 182 Å². The van der Waals surface area contributed by atoms with Gasteiger partial charge in [-0.2, -0.15) is 0 Å². The van der Waals surface area contributed by atoms with Crippen molar-refractivity contribution in [2.75, 3.05) is 4.90 Å². The summed E-state index contributed by atoms with van der Waals surface area (Å²) in [5.74, 6) is 0. The molecule has 1 aliphatic carbocycles. The third-order valence-corrected chi connectivity index (χ3v) is 11.0. The highest BCUT2D eigenvalue weighted by Gasteiger charge is 2.36. The molecular formula is C49H36N2. The monoisotopic (exact) mass is 652 g/mol. The van der Waals surface area contributed by atoms with Gasteiger partial charge in [0, 0.05) is 38.8 Å². The first-order valence-electron chi connectivity index (χ1n) is 17.8. The molecule has 0 bridgehead atoms. The van der Waals surface area contributed by atoms with Gasteiger partial charge in [-0.05, 0) is 87.1 Å². The lowest BCUT2D eigenvalue weighted by atomic mass is 9.82. The van der Waals surface area contributed by atoms with E-state index in [1.807, 2.05) is 0 Å². The van der Waals surface area contributed by atoms with Crippen LogP contribution in [0.25, 0.3) is 60.5 Å². The summed E-state index contributed by atoms with van der Waals surface area (Å²) in [6.45, 7) is 4.73. The van der Waals surface area contributed by atoms with Crippen LogP contribution in [0.5, 0.6) is 0 Å². The molecule has 1 aliphatic rings. The van der Waals surface area contributed by atoms with Crippen molar-refractivity contribution < 1.29 is 0 Å². The molecule has 0 saturated carbocycles. The highest BCUT2D eigenvalue weighted by molar-refractivity contribution is 6.20. The Morgan fingerprint density at radius 2 is 1.10 bits per heavy atom. The Labute approximate surface area is 298 Å². The van der Waals surface area contributed by atoms with Crippen molar-refractivity contribution in [1.29, 1.82) is 0 Å². The Morgan fingerprint density at radius 1 is 0.471 bits per heavy atom. The van der Waals surface area contributed by atoms with Crippen molar-refractivity contribution in [2.45, 2.75) is 19.3 Å². The maximum absolute atomic E-state index is 2.49. The van der Waals surface area contributed by atoms with Crippen molar-refractivity contribution in [1.82, 2.24) is 4.57 Å². The Balaban J connectivity index is 1.32. The molecule has 0 spiro atoms. The normalized spacial score (nSPS) is 13.1. The molecule has 0 N–H and O–H groups in total. The zero-order valence-corrected chi connectivity index (χ0v) is 28.7. The van der Waals surface area contributed by atoms with Gasteiger partial charge in [0.15, 0.2) is 0 Å². The lowest BCUT2D eigenvalue weighted by molar-refractivity contribution is 0.660. The molecule has 0 fully saturated rings. The summed E-state index contributed by atoms with van der Waals surface area (Å²) in [6.07, 6.45) is 0. The van der Waals surface area contributed by atoms with Crippen LogP contribution in [0.4, 0.5) is 17.1 Å². The van der Waals surface area contributed by atoms with E-state index < -0.39 is 0 Å². The number of rotatable bonds is 5. The van der Waals surface area contributed by atoms with E-state index in [0.717, 1.165) is 22.7 Å². The zero-order valence-electron chi connectivity index (χ0n) is 28.7. The Morgan fingerprint density at radius 3 is 1.94 bits per heavy atom. The third-order valence-electron chi connectivity index (χ3n) is 11.0. The second-order valence-corrected chi connectivity index (χ2v) is 14.2. The van der Waals surface area contributed by atoms with Gasteiger partial charge in [-0.1, -0.05) is 147 Å². The van der Waals surface area contributed by atoms with Crippen LogP contribution in [-0.4, -0.2) is 4.57 Å². The highest BCUT2D eigenvalue weighted by Crippen LogP contribution is 2.52. The predicted octanol–water partition coefficient (Wildman–Crippen LogP) is 13.4. The van der Waals surface area contributed by atoms with Crippen molar-refractivity contribution in [3.05, 3.63) is 193 Å². The maximum atomic E-state index is 2.49. The second kappa shape index (κ2) is 11.3. The van der Waals surface area contributed by atoms with Crippen LogP contribution in [0.1, 0.15) is 25.0 Å². The first-order valence-corrected chi connectivity index (χ1v) is 17.8. The molecule has 0 radical (unpaired) electrons. The molecular weight excluding hydrogens is 617 g/mol. The second-order valence-electron chi connectivity index (χ2n) is 14.2. The van der Waals surface area contributed by atoms with Gasteiger partial charge in [-0.3, -0.25) is 0 Å². The van der Waals surface area contributed by atoms with Crippen molar-refractivity contribution in [3.63, 3.8) is 0 Å². The van der Waals surface area contributed by atoms with Gasteiger partial charge >= 0.3 is 0 Å². The molecule has 242 valence electrons. The largest absolute Gasteiger partial charge is 0.310 e. The first kappa shape index (κ1) is 29.5. The highest BCUT2D eigenvalue weighted by atomic mass is 15.1. The van der Waals surface area contributed by atoms with E-state index in [1.54, 1.807) is 0 Å². The number of fused-ring (bicyclic) bond motifs is 7. The average Bonchev–Trinajstić information content (AvgIpc) is 3.65. The van der Waals surface area contributed by atoms with Gasteiger partial charge in [0.05, 0.1) is 16.7 Å². The Kier molecular flexibility index (Phi) is 6.56. The summed E-state index contributed by atoms with van der Waals surface area (Å²) in [7, 11) is 0. The quantitative estimate of drug-likeness (QED) is 0.180. The van der Waals surface area contributed by atoms with Crippen molar-refractivity contribution in [3.8, 4) is 27.9 Å². The number of para-hydroxylation sites is 2. The van der Waals surface area contributed by atoms with Crippen molar-refractivity contribution >= 4 is 49.6 Å². The summed E-state index contributed by atoms with van der Waals surface area (Å²) in [6, 6.07) is 66.7. The number of nitrogens with zero attached hydrogens (tertiary/aromatic N) is 2. The van der Waals surface area contributed by atoms with E-state index in [1.165, 1.54) is 66.0 Å². The fourth-order valence-electron chi connectivity index (χ4n) is 8.54. The number of anilines is 3. The first-order chi connectivity index (χ1) is 25.1. The van der Waals surface area contributed by atoms with Crippen LogP contribution in [0.2, 0.25) is 0 Å². The molecule has 9 aromatic rings. The molecule has 51 heavy (non-hydrogen) atoms. The smallest absolute Gasteiger partial charge is 0.0640 e. The zero-order chi connectivity index (χ0) is 34.1. The van der Waals surface area contributed by atoms with Gasteiger partial charge in [0.2, 0.25) is 0 Å². The summed E-state index contributed by atoms with van der Waals surface area (Å²) in [5.41, 5.74) is 14.6. The molecule has 0 atom stereocenters. The summed E-state index contributed by atoms with van der Waals surface area (Å²) in [5, 5.41) is 4.91. The number of hydrogen-bond donors (Lipinski definition) is 0. The van der Waals surface area contributed by atoms with Crippen LogP contribution in [0, 0.1) is 0 Å². The molecule has 2 heteroatoms. The Bertz CT molecular complexity index is 2770. The van der Waals surface area contributed by atoms with Gasteiger partial charge in [0.1, 0.15) is 0 Å². The maximum Gasteiger partial charge on any atom is 0.0640 e. The average molecular weight is 653 g/mol. The molecule has 1 aromatic heterocycles. The lowest BCUT2D eigenvalue weighted by Crippen LogP contribution is -2.16. The molecule has 0 amide bonds. The van der Waals surface area contributed by atoms with E-state index in [2.05, 4.69) is 205 Å².